The molecule has 1 N–H and O–H groups in total. The highest BCUT2D eigenvalue weighted by Crippen LogP contribution is 2.37. The third-order valence-corrected chi connectivity index (χ3v) is 6.37. The molecule has 0 bridgehead atoms. The van der Waals surface area contributed by atoms with E-state index in [0.717, 1.165) is 59.5 Å². The molecule has 33 heavy (non-hydrogen) atoms. The van der Waals surface area contributed by atoms with E-state index in [9.17, 15) is 10.1 Å². The molecule has 1 aromatic heterocycles. The summed E-state index contributed by atoms with van der Waals surface area (Å²) >= 11 is 0. The van der Waals surface area contributed by atoms with Crippen LogP contribution in [-0.4, -0.2) is 29.8 Å². The fraction of sp³-hybridized carbons (Fsp3) is 0.360. The van der Waals surface area contributed by atoms with Gasteiger partial charge < -0.3 is 19.5 Å². The third kappa shape index (κ3) is 4.27. The molecule has 0 spiro atoms. The lowest BCUT2D eigenvalue weighted by Crippen LogP contribution is -2.23. The zero-order chi connectivity index (χ0) is 22.8. The summed E-state index contributed by atoms with van der Waals surface area (Å²) in [5.41, 5.74) is 2.38. The van der Waals surface area contributed by atoms with E-state index in [0.29, 0.717) is 17.9 Å². The summed E-state index contributed by atoms with van der Waals surface area (Å²) in [6, 6.07) is 13.5. The number of carbonyl (C=O) groups excluding carboxylic acids is 1. The maximum absolute atomic E-state index is 11.9. The highest BCUT2D eigenvalue weighted by molar-refractivity contribution is 5.90. The van der Waals surface area contributed by atoms with Crippen molar-refractivity contribution in [2.24, 2.45) is 5.92 Å². The number of anilines is 1. The standard InChI is InChI=1S/C25H24N4O4/c1-31-25(30)18-6-4-17(5-7-18)23-28-20-8-2-15(12-26)10-19(20)24(29-23)27-13-16-3-9-21-22(11-16)33-14-32-21/h2-3,8-11,17-18H,4-7,13-14H2,1H3,(H,27,28,29)/t17-,18-. The van der Waals surface area contributed by atoms with Gasteiger partial charge in [0.05, 0.1) is 30.2 Å². The van der Waals surface area contributed by atoms with Crippen LogP contribution < -0.4 is 14.8 Å². The molecule has 2 heterocycles. The first kappa shape index (κ1) is 21.0. The fourth-order valence-electron chi connectivity index (χ4n) is 4.52. The molecule has 5 rings (SSSR count). The van der Waals surface area contributed by atoms with E-state index in [1.165, 1.54) is 7.11 Å². The van der Waals surface area contributed by atoms with Gasteiger partial charge in [-0.15, -0.1) is 0 Å². The number of hydrogen-bond donors (Lipinski definition) is 1. The number of nitrogens with one attached hydrogen (secondary N) is 1. The van der Waals surface area contributed by atoms with Crippen LogP contribution in [-0.2, 0) is 16.1 Å². The molecule has 0 saturated heterocycles. The second-order valence-electron chi connectivity index (χ2n) is 8.39. The molecule has 1 fully saturated rings. The Morgan fingerprint density at radius 1 is 1.12 bits per heavy atom. The zero-order valence-corrected chi connectivity index (χ0v) is 18.3. The Hall–Kier alpha value is -3.86. The molecular weight excluding hydrogens is 420 g/mol. The van der Waals surface area contributed by atoms with Gasteiger partial charge in [0, 0.05) is 17.8 Å². The van der Waals surface area contributed by atoms with Gasteiger partial charge in [-0.25, -0.2) is 9.97 Å². The molecule has 2 aromatic carbocycles. The number of carbonyl (C=O) groups is 1. The lowest BCUT2D eigenvalue weighted by Gasteiger charge is -2.26. The van der Waals surface area contributed by atoms with Crippen molar-refractivity contribution >= 4 is 22.7 Å². The largest absolute Gasteiger partial charge is 0.469 e. The van der Waals surface area contributed by atoms with Gasteiger partial charge in [-0.1, -0.05) is 6.07 Å². The predicted molar refractivity (Wildman–Crippen MR) is 121 cm³/mol. The maximum Gasteiger partial charge on any atom is 0.308 e. The van der Waals surface area contributed by atoms with Crippen molar-refractivity contribution in [2.45, 2.75) is 38.1 Å². The molecule has 0 unspecified atom stereocenters. The lowest BCUT2D eigenvalue weighted by atomic mass is 9.81. The number of nitriles is 1. The summed E-state index contributed by atoms with van der Waals surface area (Å²) in [6.45, 7) is 0.773. The Morgan fingerprint density at radius 2 is 1.94 bits per heavy atom. The van der Waals surface area contributed by atoms with Crippen molar-refractivity contribution in [3.63, 3.8) is 0 Å². The van der Waals surface area contributed by atoms with Crippen LogP contribution in [0.1, 0.15) is 48.6 Å². The van der Waals surface area contributed by atoms with E-state index in [4.69, 9.17) is 24.2 Å². The molecule has 1 aliphatic heterocycles. The molecule has 0 radical (unpaired) electrons. The molecular formula is C25H24N4O4. The Morgan fingerprint density at radius 3 is 2.73 bits per heavy atom. The van der Waals surface area contributed by atoms with Gasteiger partial charge >= 0.3 is 5.97 Å². The number of methoxy groups -OCH3 is 1. The number of nitrogens with zero attached hydrogens (tertiary/aromatic N) is 3. The van der Waals surface area contributed by atoms with E-state index < -0.39 is 0 Å². The molecule has 0 amide bonds. The molecule has 8 nitrogen and oxygen atoms in total. The Balaban J connectivity index is 1.42. The number of rotatable bonds is 5. The summed E-state index contributed by atoms with van der Waals surface area (Å²) < 4.78 is 15.8. The normalized spacial score (nSPS) is 19.2. The minimum Gasteiger partial charge on any atom is -0.469 e. The first-order valence-corrected chi connectivity index (χ1v) is 11.1. The van der Waals surface area contributed by atoms with E-state index in [-0.39, 0.29) is 24.6 Å². The van der Waals surface area contributed by atoms with Gasteiger partial charge in [-0.2, -0.15) is 5.26 Å². The van der Waals surface area contributed by atoms with Gasteiger partial charge in [0.25, 0.3) is 0 Å². The monoisotopic (exact) mass is 444 g/mol. The van der Waals surface area contributed by atoms with Gasteiger partial charge in [-0.3, -0.25) is 4.79 Å². The van der Waals surface area contributed by atoms with Crippen LogP contribution in [0.15, 0.2) is 36.4 Å². The summed E-state index contributed by atoms with van der Waals surface area (Å²) in [5, 5.41) is 13.6. The highest BCUT2D eigenvalue weighted by atomic mass is 16.7. The van der Waals surface area contributed by atoms with Gasteiger partial charge in [-0.05, 0) is 61.6 Å². The number of aromatic nitrogens is 2. The number of hydrogen-bond acceptors (Lipinski definition) is 8. The topological polar surface area (TPSA) is 106 Å². The van der Waals surface area contributed by atoms with E-state index in [1.54, 1.807) is 6.07 Å². The average Bonchev–Trinajstić information content (AvgIpc) is 3.34. The van der Waals surface area contributed by atoms with Crippen LogP contribution in [0.3, 0.4) is 0 Å². The fourth-order valence-corrected chi connectivity index (χ4v) is 4.52. The average molecular weight is 444 g/mol. The molecule has 0 atom stereocenters. The van der Waals surface area contributed by atoms with Crippen LogP contribution in [0.5, 0.6) is 11.5 Å². The Kier molecular flexibility index (Phi) is 5.69. The summed E-state index contributed by atoms with van der Waals surface area (Å²) in [7, 11) is 1.44. The first-order valence-electron chi connectivity index (χ1n) is 11.1. The lowest BCUT2D eigenvalue weighted by molar-refractivity contribution is -0.146. The van der Waals surface area contributed by atoms with Crippen molar-refractivity contribution in [1.82, 2.24) is 9.97 Å². The van der Waals surface area contributed by atoms with Crippen LogP contribution >= 0.6 is 0 Å². The van der Waals surface area contributed by atoms with E-state index in [1.807, 2.05) is 30.3 Å². The van der Waals surface area contributed by atoms with E-state index in [2.05, 4.69) is 11.4 Å². The molecule has 8 heteroatoms. The SMILES string of the molecule is COC(=O)[C@H]1CC[C@H](c2nc(NCc3ccc4c(c3)OCO4)c3cc(C#N)ccc3n2)CC1. The molecule has 3 aromatic rings. The second-order valence-corrected chi connectivity index (χ2v) is 8.39. The van der Waals surface area contributed by atoms with Crippen LogP contribution in [0.25, 0.3) is 10.9 Å². The van der Waals surface area contributed by atoms with Gasteiger partial charge in [0.2, 0.25) is 6.79 Å². The van der Waals surface area contributed by atoms with Crippen molar-refractivity contribution in [3.05, 3.63) is 53.3 Å². The molecule has 2 aliphatic rings. The zero-order valence-electron chi connectivity index (χ0n) is 18.3. The van der Waals surface area contributed by atoms with Crippen molar-refractivity contribution in [2.75, 3.05) is 19.2 Å². The third-order valence-electron chi connectivity index (χ3n) is 6.37. The minimum atomic E-state index is -0.136. The summed E-state index contributed by atoms with van der Waals surface area (Å²) in [6.07, 6.45) is 3.21. The molecule has 1 aliphatic carbocycles. The minimum absolute atomic E-state index is 0.0477. The van der Waals surface area contributed by atoms with Crippen molar-refractivity contribution in [1.29, 1.82) is 5.26 Å². The van der Waals surface area contributed by atoms with E-state index >= 15 is 0 Å². The first-order chi connectivity index (χ1) is 16.1. The Labute approximate surface area is 191 Å². The number of ether oxygens (including phenoxy) is 3. The molecule has 168 valence electrons. The van der Waals surface area contributed by atoms with Crippen LogP contribution in [0, 0.1) is 17.2 Å². The number of fused-ring (bicyclic) bond motifs is 2. The van der Waals surface area contributed by atoms with Gasteiger partial charge in [0.15, 0.2) is 11.5 Å². The number of benzene rings is 2. The van der Waals surface area contributed by atoms with Crippen molar-refractivity contribution in [3.8, 4) is 17.6 Å². The molecule has 1 saturated carbocycles. The highest BCUT2D eigenvalue weighted by Gasteiger charge is 2.29. The number of esters is 1. The van der Waals surface area contributed by atoms with Gasteiger partial charge in [0.1, 0.15) is 11.6 Å². The quantitative estimate of drug-likeness (QED) is 0.581. The smallest absolute Gasteiger partial charge is 0.308 e. The van der Waals surface area contributed by atoms with Crippen LogP contribution in [0.2, 0.25) is 0 Å². The maximum atomic E-state index is 11.9. The second kappa shape index (κ2) is 8.94. The van der Waals surface area contributed by atoms with Crippen LogP contribution in [0.4, 0.5) is 5.82 Å². The predicted octanol–water partition coefficient (Wildman–Crippen LogP) is 4.29. The summed E-state index contributed by atoms with van der Waals surface area (Å²) in [4.78, 5) is 21.6. The Bertz CT molecular complexity index is 1250. The van der Waals surface area contributed by atoms with Crippen molar-refractivity contribution < 1.29 is 19.0 Å². The summed E-state index contributed by atoms with van der Waals surface area (Å²) in [5.74, 6) is 2.93.